The number of carboxylic acids is 1. The topological polar surface area (TPSA) is 49.8 Å². The molecule has 0 spiro atoms. The molecule has 0 aromatic heterocycles. The van der Waals surface area contributed by atoms with Gasteiger partial charge in [0, 0.05) is 13.1 Å². The predicted molar refractivity (Wildman–Crippen MR) is 39.9 cm³/mol. The molecule has 4 nitrogen and oxygen atoms in total. The van der Waals surface area contributed by atoms with Crippen LogP contribution in [0.5, 0.6) is 0 Å². The molecule has 0 aromatic rings. The molecule has 1 heterocycles. The molecule has 1 N–H and O–H groups in total. The fourth-order valence-corrected chi connectivity index (χ4v) is 1.25. The number of carbonyl (C=O) groups is 1. The molecular weight excluding hydrogens is 203 g/mol. The zero-order valence-electron chi connectivity index (χ0n) is 7.25. The van der Waals surface area contributed by atoms with E-state index >= 15 is 0 Å². The molecule has 82 valence electrons. The quantitative estimate of drug-likeness (QED) is 0.718. The maximum absolute atomic E-state index is 11.9. The molecule has 1 fully saturated rings. The molecule has 0 aliphatic carbocycles. The monoisotopic (exact) mass is 213 g/mol. The van der Waals surface area contributed by atoms with E-state index in [4.69, 9.17) is 9.84 Å². The Morgan fingerprint density at radius 2 is 2.21 bits per heavy atom. The Hall–Kier alpha value is -0.820. The normalized spacial score (nSPS) is 24.9. The number of rotatable bonds is 2. The Labute approximate surface area is 78.2 Å². The number of nitrogens with zero attached hydrogens (tertiary/aromatic N) is 1. The van der Waals surface area contributed by atoms with Crippen molar-refractivity contribution in [3.8, 4) is 0 Å². The molecule has 14 heavy (non-hydrogen) atoms. The van der Waals surface area contributed by atoms with Crippen LogP contribution in [0.3, 0.4) is 0 Å². The maximum atomic E-state index is 11.9. The highest BCUT2D eigenvalue weighted by atomic mass is 19.4. The molecule has 0 saturated carbocycles. The van der Waals surface area contributed by atoms with Crippen molar-refractivity contribution in [1.29, 1.82) is 0 Å². The van der Waals surface area contributed by atoms with Crippen LogP contribution in [0.1, 0.15) is 0 Å². The molecule has 1 unspecified atom stereocenters. The molecule has 0 aromatic carbocycles. The molecule has 1 rings (SSSR count). The van der Waals surface area contributed by atoms with Gasteiger partial charge < -0.3 is 9.84 Å². The van der Waals surface area contributed by atoms with Crippen molar-refractivity contribution < 1.29 is 27.8 Å². The molecule has 1 atom stereocenters. The number of hydrogen-bond acceptors (Lipinski definition) is 3. The Morgan fingerprint density at radius 3 is 2.71 bits per heavy atom. The van der Waals surface area contributed by atoms with Gasteiger partial charge in [-0.1, -0.05) is 0 Å². The number of carboxylic acid groups (broad SMARTS) is 1. The minimum Gasteiger partial charge on any atom is -0.479 e. The second kappa shape index (κ2) is 4.14. The van der Waals surface area contributed by atoms with E-state index in [1.54, 1.807) is 0 Å². The lowest BCUT2D eigenvalue weighted by Crippen LogP contribution is -2.49. The summed E-state index contributed by atoms with van der Waals surface area (Å²) in [7, 11) is 0. The summed E-state index contributed by atoms with van der Waals surface area (Å²) in [6.45, 7) is -1.16. The zero-order chi connectivity index (χ0) is 10.8. The first kappa shape index (κ1) is 11.3. The second-order valence-electron chi connectivity index (χ2n) is 3.05. The molecule has 0 radical (unpaired) electrons. The SMILES string of the molecule is O=C(O)C1CN(CC(F)(F)F)CCO1. The Kier molecular flexibility index (Phi) is 3.33. The summed E-state index contributed by atoms with van der Waals surface area (Å²) in [4.78, 5) is 11.5. The fraction of sp³-hybridized carbons (Fsp3) is 0.857. The van der Waals surface area contributed by atoms with E-state index in [-0.39, 0.29) is 19.7 Å². The van der Waals surface area contributed by atoms with E-state index in [9.17, 15) is 18.0 Å². The van der Waals surface area contributed by atoms with Gasteiger partial charge in [0.25, 0.3) is 0 Å². The van der Waals surface area contributed by atoms with Gasteiger partial charge in [-0.15, -0.1) is 0 Å². The lowest BCUT2D eigenvalue weighted by molar-refractivity contribution is -0.172. The highest BCUT2D eigenvalue weighted by molar-refractivity contribution is 5.72. The molecule has 1 aliphatic rings. The molecule has 1 saturated heterocycles. The minimum absolute atomic E-state index is 0.0209. The molecule has 0 bridgehead atoms. The second-order valence-corrected chi connectivity index (χ2v) is 3.05. The van der Waals surface area contributed by atoms with Crippen LogP contribution in [0.25, 0.3) is 0 Å². The van der Waals surface area contributed by atoms with Crippen LogP contribution in [0.15, 0.2) is 0 Å². The van der Waals surface area contributed by atoms with Crippen LogP contribution in [0.2, 0.25) is 0 Å². The van der Waals surface area contributed by atoms with Gasteiger partial charge in [-0.3, -0.25) is 4.90 Å². The van der Waals surface area contributed by atoms with Gasteiger partial charge in [-0.2, -0.15) is 13.2 Å². The van der Waals surface area contributed by atoms with Gasteiger partial charge in [0.05, 0.1) is 13.2 Å². The standard InChI is InChI=1S/C7H10F3NO3/c8-7(9,10)4-11-1-2-14-5(3-11)6(12)13/h5H,1-4H2,(H,12,13). The fourth-order valence-electron chi connectivity index (χ4n) is 1.25. The number of halogens is 3. The van der Waals surface area contributed by atoms with Gasteiger partial charge in [-0.25, -0.2) is 4.79 Å². The summed E-state index contributed by atoms with van der Waals surface area (Å²) in [5.74, 6) is -1.23. The largest absolute Gasteiger partial charge is 0.479 e. The molecule has 1 aliphatic heterocycles. The van der Waals surface area contributed by atoms with Crippen molar-refractivity contribution in [2.75, 3.05) is 26.2 Å². The first-order valence-electron chi connectivity index (χ1n) is 4.02. The van der Waals surface area contributed by atoms with Crippen LogP contribution in [0.4, 0.5) is 13.2 Å². The smallest absolute Gasteiger partial charge is 0.401 e. The van der Waals surface area contributed by atoms with Crippen LogP contribution in [0, 0.1) is 0 Å². The van der Waals surface area contributed by atoms with Gasteiger partial charge in [0.2, 0.25) is 0 Å². The summed E-state index contributed by atoms with van der Waals surface area (Å²) in [5.41, 5.74) is 0. The van der Waals surface area contributed by atoms with Gasteiger partial charge in [-0.05, 0) is 0 Å². The number of hydrogen-bond donors (Lipinski definition) is 1. The average Bonchev–Trinajstić information content (AvgIpc) is 2.01. The van der Waals surface area contributed by atoms with Crippen molar-refractivity contribution in [3.05, 3.63) is 0 Å². The number of aliphatic carboxylic acids is 1. The average molecular weight is 213 g/mol. The summed E-state index contributed by atoms with van der Waals surface area (Å²) < 4.78 is 40.6. The summed E-state index contributed by atoms with van der Waals surface area (Å²) in [6, 6.07) is 0. The third-order valence-electron chi connectivity index (χ3n) is 1.83. The van der Waals surface area contributed by atoms with Gasteiger partial charge in [0.1, 0.15) is 0 Å². The summed E-state index contributed by atoms with van der Waals surface area (Å²) in [6.07, 6.45) is -5.44. The van der Waals surface area contributed by atoms with E-state index in [2.05, 4.69) is 0 Å². The van der Waals surface area contributed by atoms with Crippen LogP contribution >= 0.6 is 0 Å². The molecular formula is C7H10F3NO3. The Morgan fingerprint density at radius 1 is 1.57 bits per heavy atom. The first-order valence-corrected chi connectivity index (χ1v) is 4.02. The van der Waals surface area contributed by atoms with E-state index < -0.39 is 24.8 Å². The van der Waals surface area contributed by atoms with Crippen molar-refractivity contribution in [2.45, 2.75) is 12.3 Å². The summed E-state index contributed by atoms with van der Waals surface area (Å²) in [5, 5.41) is 8.52. The molecule has 7 heteroatoms. The van der Waals surface area contributed by atoms with Crippen LogP contribution in [-0.2, 0) is 9.53 Å². The minimum atomic E-state index is -4.29. The lowest BCUT2D eigenvalue weighted by Gasteiger charge is -2.31. The van der Waals surface area contributed by atoms with E-state index in [0.29, 0.717) is 0 Å². The van der Waals surface area contributed by atoms with Gasteiger partial charge in [0.15, 0.2) is 6.10 Å². The third-order valence-corrected chi connectivity index (χ3v) is 1.83. The van der Waals surface area contributed by atoms with E-state index in [0.717, 1.165) is 4.90 Å². The van der Waals surface area contributed by atoms with Crippen molar-refractivity contribution in [3.63, 3.8) is 0 Å². The van der Waals surface area contributed by atoms with E-state index in [1.807, 2.05) is 0 Å². The Balaban J connectivity index is 2.44. The summed E-state index contributed by atoms with van der Waals surface area (Å²) >= 11 is 0. The predicted octanol–water partition coefficient (Wildman–Crippen LogP) is 0.334. The zero-order valence-corrected chi connectivity index (χ0v) is 7.25. The van der Waals surface area contributed by atoms with Gasteiger partial charge >= 0.3 is 12.1 Å². The van der Waals surface area contributed by atoms with E-state index in [1.165, 1.54) is 0 Å². The maximum Gasteiger partial charge on any atom is 0.401 e. The number of alkyl halides is 3. The lowest BCUT2D eigenvalue weighted by atomic mass is 10.3. The van der Waals surface area contributed by atoms with Crippen molar-refractivity contribution in [2.24, 2.45) is 0 Å². The van der Waals surface area contributed by atoms with Crippen LogP contribution < -0.4 is 0 Å². The van der Waals surface area contributed by atoms with Crippen molar-refractivity contribution >= 4 is 5.97 Å². The Bertz CT molecular complexity index is 219. The van der Waals surface area contributed by atoms with Crippen LogP contribution in [-0.4, -0.2) is 54.5 Å². The van der Waals surface area contributed by atoms with Crippen molar-refractivity contribution in [1.82, 2.24) is 4.90 Å². The highest BCUT2D eigenvalue weighted by Crippen LogP contribution is 2.18. The highest BCUT2D eigenvalue weighted by Gasteiger charge is 2.34. The number of ether oxygens (including phenoxy) is 1. The first-order chi connectivity index (χ1) is 6.38. The molecule has 0 amide bonds. The third kappa shape index (κ3) is 3.51. The number of morpholine rings is 1.